The van der Waals surface area contributed by atoms with E-state index in [-0.39, 0.29) is 0 Å². The summed E-state index contributed by atoms with van der Waals surface area (Å²) in [7, 11) is 0. The zero-order chi connectivity index (χ0) is 11.2. The average Bonchev–Trinajstić information content (AvgIpc) is 2.00. The van der Waals surface area contributed by atoms with Crippen molar-refractivity contribution in [3.63, 3.8) is 0 Å². The lowest BCUT2D eigenvalue weighted by molar-refractivity contribution is -0.136. The van der Waals surface area contributed by atoms with Gasteiger partial charge in [-0.05, 0) is 20.8 Å². The van der Waals surface area contributed by atoms with Crippen molar-refractivity contribution in [2.45, 2.75) is 26.4 Å². The number of carbonyl (C=O) groups is 2. The molecule has 7 heteroatoms. The fraction of sp³-hybridized carbons (Fsp3) is 0.714. The van der Waals surface area contributed by atoms with Gasteiger partial charge in [0.15, 0.2) is 6.61 Å². The highest BCUT2D eigenvalue weighted by atomic mass is 16.7. The summed E-state index contributed by atoms with van der Waals surface area (Å²) in [5, 5.41) is 8.06. The summed E-state index contributed by atoms with van der Waals surface area (Å²) >= 11 is 0. The maximum atomic E-state index is 10.9. The Kier molecular flexibility index (Phi) is 4.89. The minimum atomic E-state index is -0.803. The minimum absolute atomic E-state index is 0.490. The molecule has 0 unspecified atom stereocenters. The Bertz CT molecular complexity index is 211. The van der Waals surface area contributed by atoms with Crippen LogP contribution in [-0.4, -0.2) is 29.4 Å². The third kappa shape index (κ3) is 7.32. The highest BCUT2D eigenvalue weighted by Crippen LogP contribution is 2.05. The molecular weight excluding hydrogens is 192 g/mol. The van der Waals surface area contributed by atoms with Crippen molar-refractivity contribution in [1.82, 2.24) is 11.0 Å². The Hall–Kier alpha value is -1.34. The monoisotopic (exact) mass is 206 g/mol. The molecule has 14 heavy (non-hydrogen) atoms. The van der Waals surface area contributed by atoms with Crippen molar-refractivity contribution in [2.24, 2.45) is 0 Å². The van der Waals surface area contributed by atoms with Gasteiger partial charge in [0, 0.05) is 0 Å². The fourth-order valence-corrected chi connectivity index (χ4v) is 0.492. The smallest absolute Gasteiger partial charge is 0.431 e. The predicted octanol–water partition coefficient (Wildman–Crippen LogP) is -0.0519. The second kappa shape index (κ2) is 5.40. The van der Waals surface area contributed by atoms with E-state index >= 15 is 0 Å². The second-order valence-corrected chi connectivity index (χ2v) is 3.43. The number of hydroxylamine groups is 2. The lowest BCUT2D eigenvalue weighted by Crippen LogP contribution is -2.35. The fourth-order valence-electron chi connectivity index (χ4n) is 0.492. The summed E-state index contributed by atoms with van der Waals surface area (Å²) < 4.78 is 4.78. The summed E-state index contributed by atoms with van der Waals surface area (Å²) in [5.41, 5.74) is 2.57. The number of rotatable bonds is 3. The Balaban J connectivity index is 3.60. The van der Waals surface area contributed by atoms with E-state index in [0.29, 0.717) is 0 Å². The van der Waals surface area contributed by atoms with Crippen LogP contribution in [-0.2, 0) is 14.4 Å². The van der Waals surface area contributed by atoms with Crippen molar-refractivity contribution >= 4 is 12.0 Å². The van der Waals surface area contributed by atoms with E-state index < -0.39 is 24.2 Å². The first-order valence-electron chi connectivity index (χ1n) is 3.89. The van der Waals surface area contributed by atoms with Gasteiger partial charge in [0.1, 0.15) is 5.60 Å². The molecule has 0 fully saturated rings. The van der Waals surface area contributed by atoms with Crippen LogP contribution in [0.3, 0.4) is 0 Å². The molecule has 0 aliphatic rings. The van der Waals surface area contributed by atoms with Crippen LogP contribution in [0, 0.1) is 0 Å². The zero-order valence-corrected chi connectivity index (χ0v) is 8.29. The van der Waals surface area contributed by atoms with Crippen molar-refractivity contribution in [3.05, 3.63) is 0 Å². The third-order valence-corrected chi connectivity index (χ3v) is 0.882. The molecule has 82 valence electrons. The standard InChI is InChI=1S/C7H14N2O5/c1-7(2,3)14-6(11)9-13-4-5(10)8-12/h12H,4H2,1-3H3,(H,8,10)(H,9,11). The molecule has 0 saturated heterocycles. The van der Waals surface area contributed by atoms with Gasteiger partial charge < -0.3 is 4.74 Å². The summed E-state index contributed by atoms with van der Waals surface area (Å²) in [6, 6.07) is 0. The van der Waals surface area contributed by atoms with Gasteiger partial charge in [-0.1, -0.05) is 0 Å². The van der Waals surface area contributed by atoms with E-state index in [9.17, 15) is 9.59 Å². The molecule has 7 nitrogen and oxygen atoms in total. The molecule has 0 atom stereocenters. The van der Waals surface area contributed by atoms with E-state index in [4.69, 9.17) is 9.94 Å². The summed E-state index contributed by atoms with van der Waals surface area (Å²) in [6.45, 7) is 4.57. The van der Waals surface area contributed by atoms with Gasteiger partial charge in [-0.25, -0.2) is 10.3 Å². The molecule has 2 amide bonds. The molecule has 0 aliphatic carbocycles. The second-order valence-electron chi connectivity index (χ2n) is 3.43. The molecule has 0 aromatic rings. The third-order valence-electron chi connectivity index (χ3n) is 0.882. The van der Waals surface area contributed by atoms with Crippen LogP contribution in [0.25, 0.3) is 0 Å². The topological polar surface area (TPSA) is 96.9 Å². The molecule has 0 bridgehead atoms. The van der Waals surface area contributed by atoms with Crippen molar-refractivity contribution in [2.75, 3.05) is 6.61 Å². The van der Waals surface area contributed by atoms with Gasteiger partial charge in [0.25, 0.3) is 5.91 Å². The minimum Gasteiger partial charge on any atom is -0.442 e. The molecule has 3 N–H and O–H groups in total. The molecule has 0 aromatic carbocycles. The first-order valence-corrected chi connectivity index (χ1v) is 3.89. The van der Waals surface area contributed by atoms with Crippen LogP contribution in [0.1, 0.15) is 20.8 Å². The van der Waals surface area contributed by atoms with Crippen LogP contribution < -0.4 is 11.0 Å². The molecule has 0 radical (unpaired) electrons. The van der Waals surface area contributed by atoms with Gasteiger partial charge in [0.05, 0.1) is 0 Å². The molecule has 0 saturated carbocycles. The number of nitrogens with one attached hydrogen (secondary N) is 2. The van der Waals surface area contributed by atoms with Gasteiger partial charge in [-0.3, -0.25) is 14.8 Å². The van der Waals surface area contributed by atoms with Gasteiger partial charge in [0.2, 0.25) is 0 Å². The average molecular weight is 206 g/mol. The van der Waals surface area contributed by atoms with Crippen LogP contribution in [0.5, 0.6) is 0 Å². The van der Waals surface area contributed by atoms with Gasteiger partial charge in [-0.2, -0.15) is 5.48 Å². The predicted molar refractivity (Wildman–Crippen MR) is 45.3 cm³/mol. The molecule has 0 aliphatic heterocycles. The maximum Gasteiger partial charge on any atom is 0.431 e. The molecular formula is C7H14N2O5. The number of carbonyl (C=O) groups excluding carboxylic acids is 2. The summed E-state index contributed by atoms with van der Waals surface area (Å²) in [6.07, 6.45) is -0.803. The van der Waals surface area contributed by atoms with Crippen molar-refractivity contribution < 1.29 is 24.4 Å². The largest absolute Gasteiger partial charge is 0.442 e. The zero-order valence-electron chi connectivity index (χ0n) is 8.29. The van der Waals surface area contributed by atoms with E-state index in [1.54, 1.807) is 20.8 Å². The normalized spacial score (nSPS) is 10.6. The Labute approximate surface area is 81.3 Å². The quantitative estimate of drug-likeness (QED) is 0.444. The molecule has 0 spiro atoms. The van der Waals surface area contributed by atoms with Crippen molar-refractivity contribution in [1.29, 1.82) is 0 Å². The summed E-state index contributed by atoms with van der Waals surface area (Å²) in [4.78, 5) is 25.7. The molecule has 0 aromatic heterocycles. The Morgan fingerprint density at radius 1 is 1.36 bits per heavy atom. The lowest BCUT2D eigenvalue weighted by atomic mass is 10.2. The Morgan fingerprint density at radius 2 is 1.93 bits per heavy atom. The Morgan fingerprint density at radius 3 is 2.36 bits per heavy atom. The van der Waals surface area contributed by atoms with E-state index in [1.165, 1.54) is 5.48 Å². The summed E-state index contributed by atoms with van der Waals surface area (Å²) in [5.74, 6) is -0.777. The van der Waals surface area contributed by atoms with Gasteiger partial charge in [-0.15, -0.1) is 0 Å². The maximum absolute atomic E-state index is 10.9. The van der Waals surface area contributed by atoms with Crippen LogP contribution in [0.2, 0.25) is 0 Å². The SMILES string of the molecule is CC(C)(C)OC(=O)NOCC(=O)NO. The molecule has 0 heterocycles. The van der Waals surface area contributed by atoms with E-state index in [1.807, 2.05) is 5.48 Å². The van der Waals surface area contributed by atoms with Crippen LogP contribution in [0.15, 0.2) is 0 Å². The highest BCUT2D eigenvalue weighted by molar-refractivity contribution is 5.76. The highest BCUT2D eigenvalue weighted by Gasteiger charge is 2.16. The first-order chi connectivity index (χ1) is 6.35. The van der Waals surface area contributed by atoms with Crippen molar-refractivity contribution in [3.8, 4) is 0 Å². The van der Waals surface area contributed by atoms with Gasteiger partial charge >= 0.3 is 6.09 Å². The van der Waals surface area contributed by atoms with E-state index in [0.717, 1.165) is 0 Å². The number of amides is 2. The first kappa shape index (κ1) is 12.7. The lowest BCUT2D eigenvalue weighted by Gasteiger charge is -2.19. The molecule has 0 rings (SSSR count). The number of hydrogen-bond acceptors (Lipinski definition) is 5. The number of hydrogen-bond donors (Lipinski definition) is 3. The van der Waals surface area contributed by atoms with Crippen LogP contribution in [0.4, 0.5) is 4.79 Å². The van der Waals surface area contributed by atoms with Crippen LogP contribution >= 0.6 is 0 Å². The van der Waals surface area contributed by atoms with E-state index in [2.05, 4.69) is 4.84 Å². The number of ether oxygens (including phenoxy) is 1.